The molecule has 0 fully saturated rings. The van der Waals surface area contributed by atoms with E-state index in [0.717, 1.165) is 5.56 Å². The molecule has 1 heterocycles. The van der Waals surface area contributed by atoms with Gasteiger partial charge in [-0.15, -0.1) is 0 Å². The molecule has 3 rings (SSSR count). The van der Waals surface area contributed by atoms with Crippen LogP contribution in [-0.2, 0) is 15.0 Å². The molecule has 5 heteroatoms. The Kier molecular flexibility index (Phi) is 5.38. The first kappa shape index (κ1) is 19.8. The number of rotatable bonds is 5. The number of imide groups is 1. The first-order valence-electron chi connectivity index (χ1n) is 9.36. The second kappa shape index (κ2) is 7.60. The summed E-state index contributed by atoms with van der Waals surface area (Å²) in [5, 5.41) is 9.32. The van der Waals surface area contributed by atoms with Gasteiger partial charge in [0.2, 0.25) is 0 Å². The average molecular weight is 378 g/mol. The third-order valence-corrected chi connectivity index (χ3v) is 4.93. The monoisotopic (exact) mass is 378 g/mol. The van der Waals surface area contributed by atoms with Gasteiger partial charge in [0.1, 0.15) is 5.70 Å². The van der Waals surface area contributed by atoms with Crippen LogP contribution >= 0.6 is 0 Å². The van der Waals surface area contributed by atoms with Crippen LogP contribution < -0.4 is 4.90 Å². The van der Waals surface area contributed by atoms with Crippen LogP contribution in [0.3, 0.4) is 0 Å². The van der Waals surface area contributed by atoms with E-state index in [-0.39, 0.29) is 30.4 Å². The minimum Gasteiger partial charge on any atom is -0.395 e. The van der Waals surface area contributed by atoms with Crippen molar-refractivity contribution in [3.63, 3.8) is 0 Å². The second-order valence-corrected chi connectivity index (χ2v) is 7.98. The molecule has 0 bridgehead atoms. The number of likely N-dealkylation sites (N-methyl/N-ethyl adjacent to an activating group) is 1. The summed E-state index contributed by atoms with van der Waals surface area (Å²) in [4.78, 5) is 29.4. The Balaban J connectivity index is 2.05. The smallest absolute Gasteiger partial charge is 0.282 e. The normalized spacial score (nSPS) is 14.8. The molecule has 0 unspecified atom stereocenters. The van der Waals surface area contributed by atoms with Gasteiger partial charge in [-0.3, -0.25) is 9.59 Å². The van der Waals surface area contributed by atoms with Crippen LogP contribution in [0.2, 0.25) is 0 Å². The Labute approximate surface area is 165 Å². The summed E-state index contributed by atoms with van der Waals surface area (Å²) in [5.74, 6) is -0.720. The molecule has 0 radical (unpaired) electrons. The summed E-state index contributed by atoms with van der Waals surface area (Å²) in [6, 6.07) is 16.7. The number of aliphatic hydroxyl groups is 1. The van der Waals surface area contributed by atoms with E-state index in [2.05, 4.69) is 20.8 Å². The molecule has 0 saturated heterocycles. The molecule has 2 amide bonds. The number of benzene rings is 2. The van der Waals surface area contributed by atoms with Gasteiger partial charge in [-0.1, -0.05) is 63.2 Å². The van der Waals surface area contributed by atoms with Crippen LogP contribution in [0.1, 0.15) is 31.9 Å². The topological polar surface area (TPSA) is 60.9 Å². The zero-order chi connectivity index (χ0) is 20.5. The minimum absolute atomic E-state index is 0.0164. The minimum atomic E-state index is -0.372. The Hall–Kier alpha value is -2.92. The van der Waals surface area contributed by atoms with E-state index >= 15 is 0 Å². The Morgan fingerprint density at radius 3 is 2.07 bits per heavy atom. The van der Waals surface area contributed by atoms with Gasteiger partial charge in [0.05, 0.1) is 17.9 Å². The van der Waals surface area contributed by atoms with Crippen LogP contribution in [0.15, 0.2) is 60.3 Å². The molecule has 0 saturated carbocycles. The Morgan fingerprint density at radius 1 is 0.929 bits per heavy atom. The number of carbonyl (C=O) groups excluding carboxylic acids is 2. The number of hydrogen-bond acceptors (Lipinski definition) is 4. The zero-order valence-electron chi connectivity index (χ0n) is 16.8. The lowest BCUT2D eigenvalue weighted by molar-refractivity contribution is -0.120. The molecule has 2 aromatic carbocycles. The number of hydrogen-bond donors (Lipinski definition) is 1. The summed E-state index contributed by atoms with van der Waals surface area (Å²) >= 11 is 0. The predicted molar refractivity (Wildman–Crippen MR) is 111 cm³/mol. The number of nitrogens with zero attached hydrogens (tertiary/aromatic N) is 2. The number of aliphatic hydroxyl groups excluding tert-OH is 1. The van der Waals surface area contributed by atoms with E-state index in [1.165, 1.54) is 4.90 Å². The van der Waals surface area contributed by atoms with Crippen molar-refractivity contribution in [2.75, 3.05) is 25.1 Å². The quantitative estimate of drug-likeness (QED) is 0.812. The molecular weight excluding hydrogens is 352 g/mol. The molecule has 1 N–H and O–H groups in total. The van der Waals surface area contributed by atoms with Crippen LogP contribution in [0.5, 0.6) is 0 Å². The van der Waals surface area contributed by atoms with Gasteiger partial charge < -0.3 is 10.0 Å². The molecule has 0 aromatic heterocycles. The van der Waals surface area contributed by atoms with E-state index in [9.17, 15) is 14.7 Å². The standard InChI is InChI=1S/C23H26N2O3/c1-23(2,3)17-10-12-18(13-11-17)25-21(27)19(16-8-6-5-7-9-16)20(22(25)28)24(4)14-15-26/h5-13,26H,14-15H2,1-4H3. The zero-order valence-corrected chi connectivity index (χ0v) is 16.8. The van der Waals surface area contributed by atoms with Gasteiger partial charge in [-0.25, -0.2) is 4.90 Å². The Bertz CT molecular complexity index is 909. The van der Waals surface area contributed by atoms with E-state index < -0.39 is 0 Å². The highest BCUT2D eigenvalue weighted by Gasteiger charge is 2.41. The van der Waals surface area contributed by atoms with Crippen molar-refractivity contribution in [3.05, 3.63) is 71.4 Å². The van der Waals surface area contributed by atoms with Crippen molar-refractivity contribution in [2.45, 2.75) is 26.2 Å². The van der Waals surface area contributed by atoms with Crippen molar-refractivity contribution in [1.29, 1.82) is 0 Å². The first-order chi connectivity index (χ1) is 13.3. The van der Waals surface area contributed by atoms with Crippen molar-refractivity contribution in [3.8, 4) is 0 Å². The van der Waals surface area contributed by atoms with Gasteiger partial charge in [0.15, 0.2) is 0 Å². The maximum absolute atomic E-state index is 13.3. The van der Waals surface area contributed by atoms with E-state index in [0.29, 0.717) is 22.5 Å². The lowest BCUT2D eigenvalue weighted by atomic mass is 9.87. The summed E-state index contributed by atoms with van der Waals surface area (Å²) < 4.78 is 0. The molecule has 2 aromatic rings. The summed E-state index contributed by atoms with van der Waals surface area (Å²) in [5.41, 5.74) is 3.02. The summed E-state index contributed by atoms with van der Waals surface area (Å²) in [7, 11) is 1.71. The van der Waals surface area contributed by atoms with Gasteiger partial charge in [-0.2, -0.15) is 0 Å². The third kappa shape index (κ3) is 3.58. The molecule has 0 atom stereocenters. The van der Waals surface area contributed by atoms with Crippen LogP contribution in [-0.4, -0.2) is 42.0 Å². The van der Waals surface area contributed by atoms with Crippen LogP contribution in [0, 0.1) is 0 Å². The largest absolute Gasteiger partial charge is 0.395 e. The highest BCUT2D eigenvalue weighted by atomic mass is 16.3. The maximum Gasteiger partial charge on any atom is 0.282 e. The lowest BCUT2D eigenvalue weighted by Gasteiger charge is -2.22. The second-order valence-electron chi connectivity index (χ2n) is 7.98. The van der Waals surface area contributed by atoms with Crippen LogP contribution in [0.25, 0.3) is 5.57 Å². The lowest BCUT2D eigenvalue weighted by Crippen LogP contribution is -2.35. The van der Waals surface area contributed by atoms with Crippen molar-refractivity contribution in [1.82, 2.24) is 4.90 Å². The maximum atomic E-state index is 13.3. The number of anilines is 1. The van der Waals surface area contributed by atoms with E-state index in [1.807, 2.05) is 54.6 Å². The molecule has 146 valence electrons. The highest BCUT2D eigenvalue weighted by molar-refractivity contribution is 6.45. The van der Waals surface area contributed by atoms with Gasteiger partial charge in [0.25, 0.3) is 11.8 Å². The summed E-state index contributed by atoms with van der Waals surface area (Å²) in [6.45, 7) is 6.51. The van der Waals surface area contributed by atoms with Gasteiger partial charge in [0, 0.05) is 13.6 Å². The number of amides is 2. The van der Waals surface area contributed by atoms with E-state index in [1.54, 1.807) is 11.9 Å². The molecular formula is C23H26N2O3. The van der Waals surface area contributed by atoms with E-state index in [4.69, 9.17) is 0 Å². The van der Waals surface area contributed by atoms with Crippen molar-refractivity contribution in [2.24, 2.45) is 0 Å². The highest BCUT2D eigenvalue weighted by Crippen LogP contribution is 2.35. The van der Waals surface area contributed by atoms with Crippen molar-refractivity contribution < 1.29 is 14.7 Å². The molecule has 28 heavy (non-hydrogen) atoms. The molecule has 0 aliphatic carbocycles. The third-order valence-electron chi connectivity index (χ3n) is 4.93. The van der Waals surface area contributed by atoms with Gasteiger partial charge in [-0.05, 0) is 28.7 Å². The fourth-order valence-corrected chi connectivity index (χ4v) is 3.34. The predicted octanol–water partition coefficient (Wildman–Crippen LogP) is 3.19. The molecule has 1 aliphatic rings. The first-order valence-corrected chi connectivity index (χ1v) is 9.36. The fraction of sp³-hybridized carbons (Fsp3) is 0.304. The summed E-state index contributed by atoms with van der Waals surface area (Å²) in [6.07, 6.45) is 0. The van der Waals surface area contributed by atoms with Crippen molar-refractivity contribution >= 4 is 23.1 Å². The Morgan fingerprint density at radius 2 is 1.54 bits per heavy atom. The molecule has 1 aliphatic heterocycles. The molecule has 5 nitrogen and oxygen atoms in total. The average Bonchev–Trinajstić information content (AvgIpc) is 2.92. The van der Waals surface area contributed by atoms with Gasteiger partial charge >= 0.3 is 0 Å². The fourth-order valence-electron chi connectivity index (χ4n) is 3.34. The molecule has 0 spiro atoms. The SMILES string of the molecule is CN(CCO)C1=C(c2ccccc2)C(=O)N(c2ccc(C(C)(C)C)cc2)C1=O. The van der Waals surface area contributed by atoms with Crippen LogP contribution in [0.4, 0.5) is 5.69 Å². The number of carbonyl (C=O) groups is 2.